The molecule has 0 aliphatic heterocycles. The molecule has 0 saturated carbocycles. The molecule has 2 nitrogen and oxygen atoms in total. The number of hydrogen-bond acceptors (Lipinski definition) is 3. The van der Waals surface area contributed by atoms with Crippen LogP contribution in [0.25, 0.3) is 0 Å². The second-order valence-corrected chi connectivity index (χ2v) is 6.88. The second-order valence-electron chi connectivity index (χ2n) is 5.88. The summed E-state index contributed by atoms with van der Waals surface area (Å²) >= 11 is 1.92. The van der Waals surface area contributed by atoms with E-state index in [4.69, 9.17) is 5.73 Å². The van der Waals surface area contributed by atoms with Crippen molar-refractivity contribution in [2.24, 2.45) is 11.7 Å². The van der Waals surface area contributed by atoms with Crippen LogP contribution in [0.4, 0.5) is 0 Å². The molecule has 102 valence electrons. The Bertz CT molecular complexity index is 372. The number of rotatable bonds is 5. The van der Waals surface area contributed by atoms with E-state index >= 15 is 0 Å². The van der Waals surface area contributed by atoms with Gasteiger partial charge in [-0.25, -0.2) is 0 Å². The molecule has 1 aromatic heterocycles. The van der Waals surface area contributed by atoms with E-state index in [-0.39, 0.29) is 0 Å². The average molecular weight is 266 g/mol. The van der Waals surface area contributed by atoms with Gasteiger partial charge in [-0.2, -0.15) is 0 Å². The van der Waals surface area contributed by atoms with Crippen LogP contribution in [0.2, 0.25) is 0 Å². The average Bonchev–Trinajstić information content (AvgIpc) is 2.83. The van der Waals surface area contributed by atoms with Gasteiger partial charge >= 0.3 is 0 Å². The number of fused-ring (bicyclic) bond motifs is 1. The van der Waals surface area contributed by atoms with Gasteiger partial charge in [-0.3, -0.25) is 4.90 Å². The predicted molar refractivity (Wildman–Crippen MR) is 80.1 cm³/mol. The lowest BCUT2D eigenvalue weighted by molar-refractivity contribution is 0.210. The first-order valence-corrected chi connectivity index (χ1v) is 7.99. The number of hydrogen-bond donors (Lipinski definition) is 1. The van der Waals surface area contributed by atoms with Gasteiger partial charge in [0.15, 0.2) is 0 Å². The Morgan fingerprint density at radius 1 is 1.50 bits per heavy atom. The Morgan fingerprint density at radius 3 is 3.00 bits per heavy atom. The normalized spacial score (nSPS) is 21.3. The first kappa shape index (κ1) is 14.0. The fourth-order valence-electron chi connectivity index (χ4n) is 2.76. The van der Waals surface area contributed by atoms with Crippen molar-refractivity contribution in [3.05, 3.63) is 21.9 Å². The minimum Gasteiger partial charge on any atom is -0.327 e. The van der Waals surface area contributed by atoms with Gasteiger partial charge in [0, 0.05) is 17.0 Å². The lowest BCUT2D eigenvalue weighted by atomic mass is 9.92. The van der Waals surface area contributed by atoms with E-state index < -0.39 is 0 Å². The Labute approximate surface area is 115 Å². The van der Waals surface area contributed by atoms with E-state index in [0.29, 0.717) is 18.0 Å². The van der Waals surface area contributed by atoms with Crippen LogP contribution in [-0.2, 0) is 6.42 Å². The molecule has 1 aliphatic carbocycles. The molecule has 1 aliphatic rings. The zero-order valence-electron chi connectivity index (χ0n) is 11.9. The molecule has 2 unspecified atom stereocenters. The van der Waals surface area contributed by atoms with Crippen molar-refractivity contribution in [3.8, 4) is 0 Å². The molecule has 2 N–H and O–H groups in total. The molecule has 18 heavy (non-hydrogen) atoms. The third-order valence-electron chi connectivity index (χ3n) is 4.22. The van der Waals surface area contributed by atoms with E-state index in [1.165, 1.54) is 19.3 Å². The molecule has 1 heterocycles. The zero-order chi connectivity index (χ0) is 13.1. The van der Waals surface area contributed by atoms with E-state index in [2.05, 4.69) is 37.2 Å². The molecule has 2 atom stereocenters. The van der Waals surface area contributed by atoms with Crippen molar-refractivity contribution in [3.63, 3.8) is 0 Å². The van der Waals surface area contributed by atoms with Crippen molar-refractivity contribution in [1.82, 2.24) is 4.90 Å². The van der Waals surface area contributed by atoms with Gasteiger partial charge in [-0.15, -0.1) is 11.3 Å². The van der Waals surface area contributed by atoms with Crippen molar-refractivity contribution in [2.45, 2.75) is 51.6 Å². The van der Waals surface area contributed by atoms with Crippen LogP contribution in [0.15, 0.2) is 11.4 Å². The quantitative estimate of drug-likeness (QED) is 0.884. The molecule has 0 amide bonds. The first-order chi connectivity index (χ1) is 8.59. The van der Waals surface area contributed by atoms with E-state index in [0.717, 1.165) is 13.0 Å². The van der Waals surface area contributed by atoms with Gasteiger partial charge in [-0.1, -0.05) is 13.8 Å². The van der Waals surface area contributed by atoms with Gasteiger partial charge in [0.2, 0.25) is 0 Å². The fourth-order valence-corrected chi connectivity index (χ4v) is 3.74. The molecule has 0 bridgehead atoms. The predicted octanol–water partition coefficient (Wildman–Crippen LogP) is 3.43. The molecule has 0 saturated heterocycles. The van der Waals surface area contributed by atoms with Crippen LogP contribution >= 0.6 is 11.3 Å². The summed E-state index contributed by atoms with van der Waals surface area (Å²) in [5.41, 5.74) is 7.72. The van der Waals surface area contributed by atoms with E-state index in [9.17, 15) is 0 Å². The summed E-state index contributed by atoms with van der Waals surface area (Å²) in [7, 11) is 2.25. The topological polar surface area (TPSA) is 29.3 Å². The van der Waals surface area contributed by atoms with Crippen molar-refractivity contribution < 1.29 is 0 Å². The lowest BCUT2D eigenvalue weighted by Gasteiger charge is -2.32. The maximum Gasteiger partial charge on any atom is 0.0356 e. The van der Waals surface area contributed by atoms with E-state index in [1.54, 1.807) is 10.4 Å². The Hall–Kier alpha value is -0.380. The SMILES string of the molecule is CC(C)C(N)CCN(C)C1CCCc2sccc21. The monoisotopic (exact) mass is 266 g/mol. The van der Waals surface area contributed by atoms with Gasteiger partial charge in [0.25, 0.3) is 0 Å². The zero-order valence-corrected chi connectivity index (χ0v) is 12.7. The Balaban J connectivity index is 1.93. The van der Waals surface area contributed by atoms with Crippen molar-refractivity contribution >= 4 is 11.3 Å². The highest BCUT2D eigenvalue weighted by Crippen LogP contribution is 2.36. The second kappa shape index (κ2) is 6.18. The van der Waals surface area contributed by atoms with Crippen LogP contribution in [0.3, 0.4) is 0 Å². The molecule has 0 spiro atoms. The summed E-state index contributed by atoms with van der Waals surface area (Å²) in [5, 5.41) is 2.25. The van der Waals surface area contributed by atoms with E-state index in [1.807, 2.05) is 11.3 Å². The molecule has 0 fully saturated rings. The van der Waals surface area contributed by atoms with Crippen molar-refractivity contribution in [2.75, 3.05) is 13.6 Å². The number of nitrogens with zero attached hydrogens (tertiary/aromatic N) is 1. The Morgan fingerprint density at radius 2 is 2.28 bits per heavy atom. The van der Waals surface area contributed by atoms with Crippen LogP contribution < -0.4 is 5.73 Å². The molecule has 0 aromatic carbocycles. The smallest absolute Gasteiger partial charge is 0.0356 e. The summed E-state index contributed by atoms with van der Waals surface area (Å²) in [6.45, 7) is 5.53. The summed E-state index contributed by atoms with van der Waals surface area (Å²) in [5.74, 6) is 0.585. The summed E-state index contributed by atoms with van der Waals surface area (Å²) < 4.78 is 0. The molecule has 2 rings (SSSR count). The first-order valence-electron chi connectivity index (χ1n) is 7.11. The minimum atomic E-state index is 0.331. The molecule has 3 heteroatoms. The third-order valence-corrected chi connectivity index (χ3v) is 5.22. The molecular formula is C15H26N2S. The third kappa shape index (κ3) is 3.14. The summed E-state index contributed by atoms with van der Waals surface area (Å²) in [6.07, 6.45) is 5.02. The van der Waals surface area contributed by atoms with Crippen LogP contribution in [0.5, 0.6) is 0 Å². The highest BCUT2D eigenvalue weighted by Gasteiger charge is 2.24. The summed E-state index contributed by atoms with van der Waals surface area (Å²) in [6, 6.07) is 3.28. The van der Waals surface area contributed by atoms with Gasteiger partial charge < -0.3 is 5.73 Å². The van der Waals surface area contributed by atoms with Crippen molar-refractivity contribution in [1.29, 1.82) is 0 Å². The molecule has 1 aromatic rings. The van der Waals surface area contributed by atoms with Crippen LogP contribution in [0, 0.1) is 5.92 Å². The highest BCUT2D eigenvalue weighted by atomic mass is 32.1. The molecular weight excluding hydrogens is 240 g/mol. The number of nitrogens with two attached hydrogens (primary N) is 1. The lowest BCUT2D eigenvalue weighted by Crippen LogP contribution is -2.34. The Kier molecular flexibility index (Phi) is 4.82. The maximum absolute atomic E-state index is 6.14. The highest BCUT2D eigenvalue weighted by molar-refractivity contribution is 7.10. The van der Waals surface area contributed by atoms with Gasteiger partial charge in [-0.05, 0) is 62.2 Å². The number of aryl methyl sites for hydroxylation is 1. The van der Waals surface area contributed by atoms with Crippen LogP contribution in [-0.4, -0.2) is 24.5 Å². The largest absolute Gasteiger partial charge is 0.327 e. The standard InChI is InChI=1S/C15H26N2S/c1-11(2)13(16)7-9-17(3)14-5-4-6-15-12(14)8-10-18-15/h8,10-11,13-14H,4-7,9,16H2,1-3H3. The molecule has 0 radical (unpaired) electrons. The number of thiophene rings is 1. The minimum absolute atomic E-state index is 0.331. The summed E-state index contributed by atoms with van der Waals surface area (Å²) in [4.78, 5) is 4.11. The van der Waals surface area contributed by atoms with Crippen LogP contribution in [0.1, 0.15) is 49.6 Å². The van der Waals surface area contributed by atoms with Gasteiger partial charge in [0.1, 0.15) is 0 Å². The maximum atomic E-state index is 6.14. The van der Waals surface area contributed by atoms with Gasteiger partial charge in [0.05, 0.1) is 0 Å². The fraction of sp³-hybridized carbons (Fsp3) is 0.733.